The molecule has 2 N–H and O–H groups in total. The van der Waals surface area contributed by atoms with E-state index in [4.69, 9.17) is 9.15 Å². The van der Waals surface area contributed by atoms with Gasteiger partial charge >= 0.3 is 0 Å². The lowest BCUT2D eigenvalue weighted by molar-refractivity contribution is -0.126. The van der Waals surface area contributed by atoms with Gasteiger partial charge in [0.2, 0.25) is 11.8 Å². The fourth-order valence-electron chi connectivity index (χ4n) is 4.34. The number of carbonyl (C=O) groups excluding carboxylic acids is 3. The Kier molecular flexibility index (Phi) is 7.82. The number of anilines is 1. The minimum Gasteiger partial charge on any atom is -0.497 e. The number of ether oxygens (including phenoxy) is 1. The minimum atomic E-state index is -0.933. The van der Waals surface area contributed by atoms with Gasteiger partial charge in [0.15, 0.2) is 5.76 Å². The van der Waals surface area contributed by atoms with Crippen LogP contribution in [0.2, 0.25) is 0 Å². The van der Waals surface area contributed by atoms with Crippen molar-refractivity contribution >= 4 is 23.4 Å². The van der Waals surface area contributed by atoms with Gasteiger partial charge in [0.05, 0.1) is 19.9 Å². The van der Waals surface area contributed by atoms with Crippen molar-refractivity contribution in [3.63, 3.8) is 0 Å². The van der Waals surface area contributed by atoms with Gasteiger partial charge in [-0.05, 0) is 42.7 Å². The number of benzene rings is 2. The lowest BCUT2D eigenvalue weighted by Crippen LogP contribution is -2.49. The molecule has 1 aliphatic carbocycles. The molecule has 1 aliphatic rings. The van der Waals surface area contributed by atoms with E-state index in [0.717, 1.165) is 25.7 Å². The van der Waals surface area contributed by atoms with Crippen LogP contribution in [0.4, 0.5) is 5.69 Å². The van der Waals surface area contributed by atoms with Crippen LogP contribution in [-0.4, -0.2) is 37.4 Å². The van der Waals surface area contributed by atoms with Crippen LogP contribution >= 0.6 is 0 Å². The number of rotatable bonds is 9. The average molecular weight is 476 g/mol. The van der Waals surface area contributed by atoms with Gasteiger partial charge in [-0.15, -0.1) is 0 Å². The molecule has 1 saturated carbocycles. The average Bonchev–Trinajstić information content (AvgIpc) is 3.61. The number of hydrogen-bond acceptors (Lipinski definition) is 5. The maximum Gasteiger partial charge on any atom is 0.287 e. The first-order valence-corrected chi connectivity index (χ1v) is 11.7. The van der Waals surface area contributed by atoms with Gasteiger partial charge in [0.1, 0.15) is 11.8 Å². The normalized spacial score (nSPS) is 14.2. The smallest absolute Gasteiger partial charge is 0.287 e. The van der Waals surface area contributed by atoms with Gasteiger partial charge in [-0.25, -0.2) is 0 Å². The summed E-state index contributed by atoms with van der Waals surface area (Å²) in [5.74, 6) is -0.585. The number of hydrogen-bond donors (Lipinski definition) is 2. The molecule has 0 bridgehead atoms. The highest BCUT2D eigenvalue weighted by Gasteiger charge is 2.34. The predicted octanol–water partition coefficient (Wildman–Crippen LogP) is 3.85. The lowest BCUT2D eigenvalue weighted by Gasteiger charge is -2.32. The number of nitrogens with zero attached hydrogens (tertiary/aromatic N) is 1. The molecule has 1 aromatic heterocycles. The largest absolute Gasteiger partial charge is 0.497 e. The van der Waals surface area contributed by atoms with E-state index < -0.39 is 17.9 Å². The van der Waals surface area contributed by atoms with Crippen molar-refractivity contribution < 1.29 is 23.5 Å². The highest BCUT2D eigenvalue weighted by Crippen LogP contribution is 2.31. The summed E-state index contributed by atoms with van der Waals surface area (Å²) < 4.78 is 10.5. The summed E-state index contributed by atoms with van der Waals surface area (Å²) >= 11 is 0. The van der Waals surface area contributed by atoms with E-state index in [1.165, 1.54) is 24.3 Å². The topological polar surface area (TPSA) is 101 Å². The Morgan fingerprint density at radius 2 is 1.80 bits per heavy atom. The molecule has 0 radical (unpaired) electrons. The molecule has 1 atom stereocenters. The summed E-state index contributed by atoms with van der Waals surface area (Å²) in [6.45, 7) is -0.323. The summed E-state index contributed by atoms with van der Waals surface area (Å²) in [5.41, 5.74) is 1.15. The Bertz CT molecular complexity index is 1140. The number of methoxy groups -OCH3 is 1. The quantitative estimate of drug-likeness (QED) is 0.490. The van der Waals surface area contributed by atoms with Crippen LogP contribution in [-0.2, 0) is 9.59 Å². The molecule has 1 unspecified atom stereocenters. The maximum atomic E-state index is 13.7. The van der Waals surface area contributed by atoms with Crippen molar-refractivity contribution in [1.82, 2.24) is 10.6 Å². The van der Waals surface area contributed by atoms with Crippen LogP contribution in [0.1, 0.15) is 47.8 Å². The summed E-state index contributed by atoms with van der Waals surface area (Å²) in [5, 5.41) is 5.73. The SMILES string of the molecule is COc1cccc(N(C(=O)CNC(=O)c2ccco2)C(C(=O)NC2CCCC2)c2ccccc2)c1. The van der Waals surface area contributed by atoms with Crippen LogP contribution in [0.15, 0.2) is 77.4 Å². The molecule has 0 aliphatic heterocycles. The fraction of sp³-hybridized carbons (Fsp3) is 0.296. The number of carbonyl (C=O) groups is 3. The standard InChI is InChI=1S/C27H29N3O5/c1-34-22-14-7-13-21(17-22)30(24(31)18-28-26(32)23-15-8-16-35-23)25(19-9-3-2-4-10-19)27(33)29-20-11-5-6-12-20/h2-4,7-10,13-17,20,25H,5-6,11-12,18H2,1H3,(H,28,32)(H,29,33). The third-order valence-corrected chi connectivity index (χ3v) is 6.07. The lowest BCUT2D eigenvalue weighted by atomic mass is 10.0. The number of amides is 3. The second kappa shape index (κ2) is 11.4. The second-order valence-electron chi connectivity index (χ2n) is 8.43. The molecule has 2 aromatic carbocycles. The van der Waals surface area contributed by atoms with Crippen LogP contribution in [0.25, 0.3) is 0 Å². The molecule has 182 valence electrons. The monoisotopic (exact) mass is 475 g/mol. The summed E-state index contributed by atoms with van der Waals surface area (Å²) in [6.07, 6.45) is 5.35. The zero-order valence-corrected chi connectivity index (χ0v) is 19.6. The van der Waals surface area contributed by atoms with E-state index in [2.05, 4.69) is 10.6 Å². The van der Waals surface area contributed by atoms with Gasteiger partial charge < -0.3 is 19.8 Å². The summed E-state index contributed by atoms with van der Waals surface area (Å²) in [4.78, 5) is 41.1. The summed E-state index contributed by atoms with van der Waals surface area (Å²) in [7, 11) is 1.54. The molecule has 0 spiro atoms. The molecule has 8 heteroatoms. The van der Waals surface area contributed by atoms with Gasteiger partial charge in [-0.3, -0.25) is 19.3 Å². The van der Waals surface area contributed by atoms with E-state index in [9.17, 15) is 14.4 Å². The highest BCUT2D eigenvalue weighted by molar-refractivity contribution is 6.04. The fourth-order valence-corrected chi connectivity index (χ4v) is 4.34. The molecule has 3 amide bonds. The molecule has 1 fully saturated rings. The predicted molar refractivity (Wildman–Crippen MR) is 131 cm³/mol. The van der Waals surface area contributed by atoms with Gasteiger partial charge in [0.25, 0.3) is 5.91 Å². The maximum absolute atomic E-state index is 13.7. The van der Waals surface area contributed by atoms with Crippen LogP contribution in [0, 0.1) is 0 Å². The molecule has 4 rings (SSSR count). The molecule has 35 heavy (non-hydrogen) atoms. The molecule has 8 nitrogen and oxygen atoms in total. The Morgan fingerprint density at radius 1 is 1.03 bits per heavy atom. The van der Waals surface area contributed by atoms with Crippen LogP contribution < -0.4 is 20.3 Å². The molecule has 0 saturated heterocycles. The Hall–Kier alpha value is -4.07. The Morgan fingerprint density at radius 3 is 2.49 bits per heavy atom. The Balaban J connectivity index is 1.68. The second-order valence-corrected chi connectivity index (χ2v) is 8.43. The first-order valence-electron chi connectivity index (χ1n) is 11.7. The van der Waals surface area contributed by atoms with Crippen molar-refractivity contribution in [3.05, 3.63) is 84.3 Å². The van der Waals surface area contributed by atoms with Crippen molar-refractivity contribution in [1.29, 1.82) is 0 Å². The first-order chi connectivity index (χ1) is 17.1. The van der Waals surface area contributed by atoms with Gasteiger partial charge in [0, 0.05) is 17.8 Å². The van der Waals surface area contributed by atoms with E-state index in [1.807, 2.05) is 30.3 Å². The van der Waals surface area contributed by atoms with Crippen molar-refractivity contribution in [2.75, 3.05) is 18.6 Å². The minimum absolute atomic E-state index is 0.0784. The van der Waals surface area contributed by atoms with Crippen molar-refractivity contribution in [3.8, 4) is 5.75 Å². The van der Waals surface area contributed by atoms with Gasteiger partial charge in [-0.1, -0.05) is 49.2 Å². The van der Waals surface area contributed by atoms with Gasteiger partial charge in [-0.2, -0.15) is 0 Å². The van der Waals surface area contributed by atoms with E-state index in [0.29, 0.717) is 17.0 Å². The van der Waals surface area contributed by atoms with E-state index in [-0.39, 0.29) is 24.3 Å². The van der Waals surface area contributed by atoms with Crippen LogP contribution in [0.5, 0.6) is 5.75 Å². The molecule has 3 aromatic rings. The zero-order chi connectivity index (χ0) is 24.6. The number of furan rings is 1. The highest BCUT2D eigenvalue weighted by atomic mass is 16.5. The Labute approximate surface area is 204 Å². The third-order valence-electron chi connectivity index (χ3n) is 6.07. The zero-order valence-electron chi connectivity index (χ0n) is 19.6. The summed E-state index contributed by atoms with van der Waals surface area (Å²) in [6, 6.07) is 18.4. The van der Waals surface area contributed by atoms with Crippen molar-refractivity contribution in [2.24, 2.45) is 0 Å². The van der Waals surface area contributed by atoms with Crippen molar-refractivity contribution in [2.45, 2.75) is 37.8 Å². The first kappa shape index (κ1) is 24.1. The molecular weight excluding hydrogens is 446 g/mol. The van der Waals surface area contributed by atoms with E-state index in [1.54, 1.807) is 30.3 Å². The van der Waals surface area contributed by atoms with E-state index >= 15 is 0 Å². The van der Waals surface area contributed by atoms with Crippen LogP contribution in [0.3, 0.4) is 0 Å². The molecule has 1 heterocycles. The number of nitrogens with one attached hydrogen (secondary N) is 2. The third kappa shape index (κ3) is 5.90. The molecular formula is C27H29N3O5.